The molecular formula is C23H25N3O6. The Morgan fingerprint density at radius 1 is 1.25 bits per heavy atom. The van der Waals surface area contributed by atoms with E-state index in [1.807, 2.05) is 18.2 Å². The van der Waals surface area contributed by atoms with E-state index >= 15 is 0 Å². The molecule has 2 amide bonds. The van der Waals surface area contributed by atoms with Gasteiger partial charge in [0.1, 0.15) is 18.5 Å². The van der Waals surface area contributed by atoms with Gasteiger partial charge >= 0.3 is 0 Å². The number of nitrogens with zero attached hydrogens (tertiary/aromatic N) is 3. The van der Waals surface area contributed by atoms with Crippen LogP contribution in [0.2, 0.25) is 0 Å². The molecule has 3 atom stereocenters. The summed E-state index contributed by atoms with van der Waals surface area (Å²) in [6, 6.07) is 8.83. The maximum atomic E-state index is 13.4. The highest BCUT2D eigenvalue weighted by atomic mass is 16.7. The average molecular weight is 439 g/mol. The number of fused-ring (bicyclic) bond motifs is 1. The van der Waals surface area contributed by atoms with E-state index in [1.165, 1.54) is 0 Å². The Bertz CT molecular complexity index is 1000. The zero-order chi connectivity index (χ0) is 22.1. The van der Waals surface area contributed by atoms with Gasteiger partial charge in [0.25, 0.3) is 0 Å². The first kappa shape index (κ1) is 20.6. The van der Waals surface area contributed by atoms with Crippen LogP contribution >= 0.6 is 0 Å². The molecule has 3 aliphatic rings. The molecule has 0 N–H and O–H groups in total. The fraction of sp³-hybridized carbons (Fsp3) is 0.435. The molecule has 1 unspecified atom stereocenters. The molecule has 0 aliphatic carbocycles. The number of aromatic nitrogens is 1. The monoisotopic (exact) mass is 439 g/mol. The lowest BCUT2D eigenvalue weighted by atomic mass is 9.93. The predicted octanol–water partition coefficient (Wildman–Crippen LogP) is 1.64. The van der Waals surface area contributed by atoms with Crippen molar-refractivity contribution in [1.82, 2.24) is 14.8 Å². The van der Waals surface area contributed by atoms with Crippen molar-refractivity contribution in [2.24, 2.45) is 5.92 Å². The van der Waals surface area contributed by atoms with Crippen LogP contribution in [0, 0.1) is 5.92 Å². The Morgan fingerprint density at radius 2 is 2.12 bits per heavy atom. The van der Waals surface area contributed by atoms with Crippen LogP contribution in [0.15, 0.2) is 42.7 Å². The first-order valence-corrected chi connectivity index (χ1v) is 10.7. The Labute approximate surface area is 185 Å². The average Bonchev–Trinajstić information content (AvgIpc) is 3.41. The quantitative estimate of drug-likeness (QED) is 0.700. The van der Waals surface area contributed by atoms with Crippen molar-refractivity contribution in [3.05, 3.63) is 48.3 Å². The maximum Gasteiger partial charge on any atom is 0.231 e. The SMILES string of the molecule is CN1C(=O)C[C@H](C(=O)N2CCOC(COc3ccc4c(c3)OCO4)C2)[C@H]1c1cccnc1. The van der Waals surface area contributed by atoms with Crippen molar-refractivity contribution in [3.8, 4) is 17.2 Å². The molecule has 3 aliphatic heterocycles. The topological polar surface area (TPSA) is 90.4 Å². The summed E-state index contributed by atoms with van der Waals surface area (Å²) in [4.78, 5) is 33.5. The lowest BCUT2D eigenvalue weighted by Crippen LogP contribution is -2.50. The van der Waals surface area contributed by atoms with E-state index in [2.05, 4.69) is 4.98 Å². The highest BCUT2D eigenvalue weighted by molar-refractivity contribution is 5.90. The van der Waals surface area contributed by atoms with Gasteiger partial charge < -0.3 is 28.7 Å². The number of hydrogen-bond donors (Lipinski definition) is 0. The van der Waals surface area contributed by atoms with Crippen LogP contribution in [-0.2, 0) is 14.3 Å². The van der Waals surface area contributed by atoms with E-state index in [1.54, 1.807) is 41.4 Å². The van der Waals surface area contributed by atoms with E-state index < -0.39 is 5.92 Å². The Kier molecular flexibility index (Phi) is 5.57. The molecule has 0 saturated carbocycles. The number of pyridine rings is 1. The fourth-order valence-corrected chi connectivity index (χ4v) is 4.51. The Morgan fingerprint density at radius 3 is 2.97 bits per heavy atom. The molecule has 5 rings (SSSR count). The minimum atomic E-state index is -0.440. The molecule has 4 heterocycles. The molecule has 1 aromatic carbocycles. The third-order valence-electron chi connectivity index (χ3n) is 6.16. The zero-order valence-corrected chi connectivity index (χ0v) is 17.8. The molecule has 168 valence electrons. The van der Waals surface area contributed by atoms with Crippen LogP contribution in [0.4, 0.5) is 0 Å². The molecule has 2 fully saturated rings. The minimum Gasteiger partial charge on any atom is -0.491 e. The second kappa shape index (κ2) is 8.66. The lowest BCUT2D eigenvalue weighted by molar-refractivity contribution is -0.145. The lowest BCUT2D eigenvalue weighted by Gasteiger charge is -2.35. The number of benzene rings is 1. The number of hydrogen-bond acceptors (Lipinski definition) is 7. The van der Waals surface area contributed by atoms with Gasteiger partial charge in [0, 0.05) is 38.5 Å². The first-order chi connectivity index (χ1) is 15.6. The number of amides is 2. The van der Waals surface area contributed by atoms with Gasteiger partial charge in [0.05, 0.1) is 25.1 Å². The van der Waals surface area contributed by atoms with Crippen LogP contribution in [0.1, 0.15) is 18.0 Å². The van der Waals surface area contributed by atoms with E-state index in [4.69, 9.17) is 18.9 Å². The molecule has 0 spiro atoms. The van der Waals surface area contributed by atoms with Crippen LogP contribution in [0.25, 0.3) is 0 Å². The van der Waals surface area contributed by atoms with Crippen molar-refractivity contribution in [1.29, 1.82) is 0 Å². The summed E-state index contributed by atoms with van der Waals surface area (Å²) in [5, 5.41) is 0. The number of likely N-dealkylation sites (tertiary alicyclic amines) is 1. The van der Waals surface area contributed by atoms with E-state index in [0.717, 1.165) is 5.56 Å². The van der Waals surface area contributed by atoms with Gasteiger partial charge in [-0.15, -0.1) is 0 Å². The van der Waals surface area contributed by atoms with Crippen molar-refractivity contribution in [2.45, 2.75) is 18.6 Å². The van der Waals surface area contributed by atoms with Gasteiger partial charge in [-0.2, -0.15) is 0 Å². The van der Waals surface area contributed by atoms with Crippen molar-refractivity contribution < 1.29 is 28.5 Å². The summed E-state index contributed by atoms with van der Waals surface area (Å²) < 4.78 is 22.4. The number of carbonyl (C=O) groups is 2. The summed E-state index contributed by atoms with van der Waals surface area (Å²) >= 11 is 0. The van der Waals surface area contributed by atoms with Gasteiger partial charge in [-0.3, -0.25) is 14.6 Å². The second-order valence-corrected chi connectivity index (χ2v) is 8.15. The van der Waals surface area contributed by atoms with E-state index in [-0.39, 0.29) is 37.2 Å². The van der Waals surface area contributed by atoms with Crippen LogP contribution < -0.4 is 14.2 Å². The largest absolute Gasteiger partial charge is 0.491 e. The smallest absolute Gasteiger partial charge is 0.231 e. The van der Waals surface area contributed by atoms with Gasteiger partial charge in [0.15, 0.2) is 11.5 Å². The third-order valence-corrected chi connectivity index (χ3v) is 6.16. The van der Waals surface area contributed by atoms with Gasteiger partial charge in [0.2, 0.25) is 18.6 Å². The van der Waals surface area contributed by atoms with E-state index in [0.29, 0.717) is 43.6 Å². The summed E-state index contributed by atoms with van der Waals surface area (Å²) in [6.45, 7) is 1.85. The zero-order valence-electron chi connectivity index (χ0n) is 17.8. The van der Waals surface area contributed by atoms with Crippen molar-refractivity contribution in [3.63, 3.8) is 0 Å². The summed E-state index contributed by atoms with van der Waals surface area (Å²) in [5.74, 6) is 1.50. The molecule has 0 bridgehead atoms. The van der Waals surface area contributed by atoms with Crippen LogP contribution in [0.5, 0.6) is 17.2 Å². The Balaban J connectivity index is 1.23. The first-order valence-electron chi connectivity index (χ1n) is 10.7. The predicted molar refractivity (Wildman–Crippen MR) is 112 cm³/mol. The number of morpholine rings is 1. The molecular weight excluding hydrogens is 414 g/mol. The Hall–Kier alpha value is -3.33. The van der Waals surface area contributed by atoms with Crippen LogP contribution in [0.3, 0.4) is 0 Å². The van der Waals surface area contributed by atoms with Gasteiger partial charge in [-0.05, 0) is 23.8 Å². The van der Waals surface area contributed by atoms with Crippen molar-refractivity contribution >= 4 is 11.8 Å². The fourth-order valence-electron chi connectivity index (χ4n) is 4.51. The maximum absolute atomic E-state index is 13.4. The number of carbonyl (C=O) groups excluding carboxylic acids is 2. The molecule has 2 saturated heterocycles. The van der Waals surface area contributed by atoms with Crippen LogP contribution in [-0.4, -0.2) is 72.8 Å². The standard InChI is InChI=1S/C23H25N3O6/c1-25-21(27)10-18(22(25)15-3-2-6-24-11-15)23(28)26-7-8-29-17(12-26)13-30-16-4-5-19-20(9-16)32-14-31-19/h2-6,9,11,17-18,22H,7-8,10,12-14H2,1H3/t17?,18-,22+/m0/s1. The molecule has 2 aromatic rings. The second-order valence-electron chi connectivity index (χ2n) is 8.15. The highest BCUT2D eigenvalue weighted by Crippen LogP contribution is 2.38. The summed E-state index contributed by atoms with van der Waals surface area (Å²) in [6.07, 6.45) is 3.35. The van der Waals surface area contributed by atoms with Crippen molar-refractivity contribution in [2.75, 3.05) is 40.1 Å². The molecule has 9 heteroatoms. The highest BCUT2D eigenvalue weighted by Gasteiger charge is 2.45. The van der Waals surface area contributed by atoms with E-state index in [9.17, 15) is 9.59 Å². The summed E-state index contributed by atoms with van der Waals surface area (Å²) in [5.41, 5.74) is 0.871. The summed E-state index contributed by atoms with van der Waals surface area (Å²) in [7, 11) is 1.74. The molecule has 1 aromatic heterocycles. The molecule has 32 heavy (non-hydrogen) atoms. The molecule has 9 nitrogen and oxygen atoms in total. The van der Waals surface area contributed by atoms with Gasteiger partial charge in [-0.1, -0.05) is 6.07 Å². The normalized spacial score (nSPS) is 24.7. The molecule has 0 radical (unpaired) electrons. The third kappa shape index (κ3) is 3.95. The minimum absolute atomic E-state index is 0.0341. The number of rotatable bonds is 5. The number of ether oxygens (including phenoxy) is 4. The van der Waals surface area contributed by atoms with Gasteiger partial charge in [-0.25, -0.2) is 0 Å².